The molecule has 0 aliphatic carbocycles. The maximum Gasteiger partial charge on any atom is 0.355 e. The van der Waals surface area contributed by atoms with E-state index in [0.29, 0.717) is 18.2 Å². The van der Waals surface area contributed by atoms with Gasteiger partial charge in [0.15, 0.2) is 5.69 Å². The largest absolute Gasteiger partial charge is 0.476 e. The van der Waals surface area contributed by atoms with Gasteiger partial charge in [0, 0.05) is 19.0 Å². The Balaban J connectivity index is 2.47. The summed E-state index contributed by atoms with van der Waals surface area (Å²) in [7, 11) is 1.68. The highest BCUT2D eigenvalue weighted by Crippen LogP contribution is 2.18. The molecule has 1 aromatic rings. The summed E-state index contributed by atoms with van der Waals surface area (Å²) in [5.74, 6) is -1.07. The van der Waals surface area contributed by atoms with Crippen molar-refractivity contribution in [1.29, 1.82) is 0 Å². The van der Waals surface area contributed by atoms with Gasteiger partial charge >= 0.3 is 12.0 Å². The Morgan fingerprint density at radius 2 is 2.14 bits per heavy atom. The average Bonchev–Trinajstić information content (AvgIpc) is 2.87. The molecule has 1 aromatic heterocycles. The zero-order valence-electron chi connectivity index (χ0n) is 12.6. The molecule has 1 rings (SSSR count). The highest BCUT2D eigenvalue weighted by Gasteiger charge is 2.17. The minimum atomic E-state index is -1.07. The Morgan fingerprint density at radius 3 is 2.67 bits per heavy atom. The molecule has 7 nitrogen and oxygen atoms in total. The van der Waals surface area contributed by atoms with E-state index in [9.17, 15) is 9.59 Å². The average molecular weight is 315 g/mol. The van der Waals surface area contributed by atoms with Gasteiger partial charge in [-0.05, 0) is 20.8 Å². The van der Waals surface area contributed by atoms with Crippen molar-refractivity contribution in [1.82, 2.24) is 15.2 Å². The van der Waals surface area contributed by atoms with Crippen LogP contribution < -0.4 is 5.32 Å². The standard InChI is InChI=1S/C13H21N3O4S/c1-8(2)20-6-5-16(4)13(19)14-9(3)11-15-10(7-21-11)12(17)18/h7-9H,5-6H2,1-4H3,(H,14,19)(H,17,18). The number of ether oxygens (including phenoxy) is 1. The van der Waals surface area contributed by atoms with E-state index < -0.39 is 5.97 Å². The molecule has 0 spiro atoms. The summed E-state index contributed by atoms with van der Waals surface area (Å²) in [5.41, 5.74) is -0.00483. The number of aromatic nitrogens is 1. The van der Waals surface area contributed by atoms with Gasteiger partial charge in [-0.1, -0.05) is 0 Å². The number of aromatic carboxylic acids is 1. The van der Waals surface area contributed by atoms with E-state index in [2.05, 4.69) is 10.3 Å². The van der Waals surface area contributed by atoms with E-state index >= 15 is 0 Å². The van der Waals surface area contributed by atoms with Gasteiger partial charge < -0.3 is 20.1 Å². The summed E-state index contributed by atoms with van der Waals surface area (Å²) < 4.78 is 5.38. The fourth-order valence-electron chi connectivity index (χ4n) is 1.47. The van der Waals surface area contributed by atoms with Gasteiger partial charge in [-0.2, -0.15) is 0 Å². The van der Waals surface area contributed by atoms with Gasteiger partial charge in [0.2, 0.25) is 0 Å². The minimum absolute atomic E-state index is 0.00483. The number of amides is 2. The van der Waals surface area contributed by atoms with Crippen molar-refractivity contribution in [3.05, 3.63) is 16.1 Å². The first-order valence-electron chi connectivity index (χ1n) is 6.63. The van der Waals surface area contributed by atoms with E-state index in [1.165, 1.54) is 21.6 Å². The van der Waals surface area contributed by atoms with Crippen molar-refractivity contribution in [2.24, 2.45) is 0 Å². The van der Waals surface area contributed by atoms with Crippen LogP contribution in [0.3, 0.4) is 0 Å². The highest BCUT2D eigenvalue weighted by molar-refractivity contribution is 7.09. The molecular weight excluding hydrogens is 294 g/mol. The second-order valence-electron chi connectivity index (χ2n) is 4.89. The Labute approximate surface area is 127 Å². The number of rotatable bonds is 7. The molecule has 0 saturated heterocycles. The van der Waals surface area contributed by atoms with Crippen LogP contribution in [0.5, 0.6) is 0 Å². The Kier molecular flexibility index (Phi) is 6.57. The first-order valence-corrected chi connectivity index (χ1v) is 7.51. The summed E-state index contributed by atoms with van der Waals surface area (Å²) >= 11 is 1.21. The van der Waals surface area contributed by atoms with Crippen LogP contribution in [-0.2, 0) is 4.74 Å². The van der Waals surface area contributed by atoms with Gasteiger partial charge in [0.05, 0.1) is 18.8 Å². The maximum atomic E-state index is 12.0. The zero-order chi connectivity index (χ0) is 16.0. The Morgan fingerprint density at radius 1 is 1.48 bits per heavy atom. The lowest BCUT2D eigenvalue weighted by Crippen LogP contribution is -2.40. The number of nitrogens with one attached hydrogen (secondary N) is 1. The number of likely N-dealkylation sites (N-methyl/N-ethyl adjacent to an activating group) is 1. The number of thiazole rings is 1. The topological polar surface area (TPSA) is 91.8 Å². The normalized spacial score (nSPS) is 12.2. The van der Waals surface area contributed by atoms with Crippen molar-refractivity contribution >= 4 is 23.3 Å². The molecule has 0 aliphatic rings. The molecule has 2 N–H and O–H groups in total. The van der Waals surface area contributed by atoms with Gasteiger partial charge in [-0.15, -0.1) is 11.3 Å². The predicted octanol–water partition coefficient (Wildman–Crippen LogP) is 1.97. The number of carbonyl (C=O) groups excluding carboxylic acids is 1. The van der Waals surface area contributed by atoms with Crippen LogP contribution in [0.25, 0.3) is 0 Å². The van der Waals surface area contributed by atoms with Crippen molar-refractivity contribution in [3.8, 4) is 0 Å². The number of carboxylic acid groups (broad SMARTS) is 1. The molecule has 1 atom stereocenters. The number of hydrogen-bond acceptors (Lipinski definition) is 5. The minimum Gasteiger partial charge on any atom is -0.476 e. The van der Waals surface area contributed by atoms with Crippen LogP contribution in [0.2, 0.25) is 0 Å². The van der Waals surface area contributed by atoms with Crippen LogP contribution in [0, 0.1) is 0 Å². The van der Waals surface area contributed by atoms with E-state index in [0.717, 1.165) is 0 Å². The van der Waals surface area contributed by atoms with Crippen LogP contribution in [0.1, 0.15) is 42.3 Å². The monoisotopic (exact) mass is 315 g/mol. The fraction of sp³-hybridized carbons (Fsp3) is 0.615. The van der Waals surface area contributed by atoms with Crippen molar-refractivity contribution in [2.75, 3.05) is 20.2 Å². The SMILES string of the molecule is CC(C)OCCN(C)C(=O)NC(C)c1nc(C(=O)O)cs1. The van der Waals surface area contributed by atoms with Crippen molar-refractivity contribution in [3.63, 3.8) is 0 Å². The summed E-state index contributed by atoms with van der Waals surface area (Å²) in [6.07, 6.45) is 0.130. The second-order valence-corrected chi connectivity index (χ2v) is 5.78. The maximum absolute atomic E-state index is 12.0. The molecule has 0 fully saturated rings. The first kappa shape index (κ1) is 17.4. The van der Waals surface area contributed by atoms with Gasteiger partial charge in [0.25, 0.3) is 0 Å². The van der Waals surface area contributed by atoms with E-state index in [1.807, 2.05) is 13.8 Å². The molecule has 2 amide bonds. The molecule has 1 heterocycles. The van der Waals surface area contributed by atoms with Gasteiger partial charge in [0.1, 0.15) is 5.01 Å². The number of hydrogen-bond donors (Lipinski definition) is 2. The van der Waals surface area contributed by atoms with E-state index in [-0.39, 0.29) is 23.9 Å². The molecule has 0 saturated carbocycles. The lowest BCUT2D eigenvalue weighted by Gasteiger charge is -2.21. The Bertz CT molecular complexity index is 490. The number of urea groups is 1. The van der Waals surface area contributed by atoms with Crippen molar-refractivity contribution in [2.45, 2.75) is 32.9 Å². The molecule has 21 heavy (non-hydrogen) atoms. The van der Waals surface area contributed by atoms with Crippen molar-refractivity contribution < 1.29 is 19.4 Å². The highest BCUT2D eigenvalue weighted by atomic mass is 32.1. The van der Waals surface area contributed by atoms with Crippen LogP contribution in [0.15, 0.2) is 5.38 Å². The zero-order valence-corrected chi connectivity index (χ0v) is 13.4. The van der Waals surface area contributed by atoms with Gasteiger partial charge in [-0.3, -0.25) is 0 Å². The molecule has 1 unspecified atom stereocenters. The number of carboxylic acids is 1. The van der Waals surface area contributed by atoms with E-state index in [1.54, 1.807) is 14.0 Å². The molecule has 0 aromatic carbocycles. The quantitative estimate of drug-likeness (QED) is 0.802. The smallest absolute Gasteiger partial charge is 0.355 e. The predicted molar refractivity (Wildman–Crippen MR) is 79.7 cm³/mol. The molecule has 0 radical (unpaired) electrons. The first-order chi connectivity index (χ1) is 9.81. The van der Waals surface area contributed by atoms with Crippen LogP contribution in [0.4, 0.5) is 4.79 Å². The lowest BCUT2D eigenvalue weighted by atomic mass is 10.3. The third-order valence-corrected chi connectivity index (χ3v) is 3.70. The molecule has 0 bridgehead atoms. The summed E-state index contributed by atoms with van der Waals surface area (Å²) in [6, 6.07) is -0.592. The Hall–Kier alpha value is -1.67. The van der Waals surface area contributed by atoms with Gasteiger partial charge in [-0.25, -0.2) is 14.6 Å². The number of nitrogens with zero attached hydrogens (tertiary/aromatic N) is 2. The van der Waals surface area contributed by atoms with Crippen LogP contribution >= 0.6 is 11.3 Å². The summed E-state index contributed by atoms with van der Waals surface area (Å²) in [5, 5.41) is 13.6. The third-order valence-electron chi connectivity index (χ3n) is 2.68. The van der Waals surface area contributed by atoms with Crippen LogP contribution in [-0.4, -0.2) is 53.3 Å². The molecule has 118 valence electrons. The summed E-state index contributed by atoms with van der Waals surface area (Å²) in [6.45, 7) is 6.58. The molecule has 0 aliphatic heterocycles. The summed E-state index contributed by atoms with van der Waals surface area (Å²) in [4.78, 5) is 28.2. The lowest BCUT2D eigenvalue weighted by molar-refractivity contribution is 0.0677. The van der Waals surface area contributed by atoms with E-state index in [4.69, 9.17) is 9.84 Å². The third kappa shape index (κ3) is 5.68. The molecular formula is C13H21N3O4S. The fourth-order valence-corrected chi connectivity index (χ4v) is 2.27. The molecule has 8 heteroatoms. The second kappa shape index (κ2) is 7.94. The number of carbonyl (C=O) groups is 2.